The van der Waals surface area contributed by atoms with Gasteiger partial charge in [0.05, 0.1) is 28.3 Å². The number of anilines is 3. The second kappa shape index (κ2) is 12.2. The molecule has 0 aliphatic heterocycles. The van der Waals surface area contributed by atoms with Crippen molar-refractivity contribution in [1.82, 2.24) is 0 Å². The molecular weight excluding hydrogens is 586 g/mol. The number of amides is 1. The fourth-order valence-corrected chi connectivity index (χ4v) is 6.64. The number of aryl methyl sites for hydroxylation is 2. The quantitative estimate of drug-likeness (QED) is 0.240. The molecule has 0 saturated carbocycles. The van der Waals surface area contributed by atoms with E-state index in [4.69, 9.17) is 16.3 Å². The number of sulfonamides is 2. The van der Waals surface area contributed by atoms with Gasteiger partial charge in [0.15, 0.2) is 0 Å². The lowest BCUT2D eigenvalue weighted by atomic mass is 10.1. The number of rotatable bonds is 10. The largest absolute Gasteiger partial charge is 0.497 e. The summed E-state index contributed by atoms with van der Waals surface area (Å²) in [7, 11) is -6.59. The zero-order chi connectivity index (χ0) is 29.8. The van der Waals surface area contributed by atoms with Crippen molar-refractivity contribution in [2.24, 2.45) is 0 Å². The molecule has 4 rings (SSSR count). The Hall–Kier alpha value is -4.06. The lowest BCUT2D eigenvalue weighted by Gasteiger charge is -2.24. The minimum atomic E-state index is -4.17. The average molecular weight is 614 g/mol. The molecule has 0 aromatic heterocycles. The monoisotopic (exact) mass is 613 g/mol. The zero-order valence-corrected chi connectivity index (χ0v) is 24.8. The summed E-state index contributed by atoms with van der Waals surface area (Å²) in [6.45, 7) is 3.10. The Morgan fingerprint density at radius 1 is 0.854 bits per heavy atom. The van der Waals surface area contributed by atoms with E-state index in [1.165, 1.54) is 67.8 Å². The zero-order valence-electron chi connectivity index (χ0n) is 22.5. The lowest BCUT2D eigenvalue weighted by molar-refractivity contribution is -0.114. The van der Waals surface area contributed by atoms with E-state index >= 15 is 0 Å². The molecule has 9 nitrogen and oxygen atoms in total. The summed E-state index contributed by atoms with van der Waals surface area (Å²) in [6.07, 6.45) is 0. The van der Waals surface area contributed by atoms with Crippen molar-refractivity contribution in [3.8, 4) is 5.75 Å². The van der Waals surface area contributed by atoms with Gasteiger partial charge in [-0.05, 0) is 97.8 Å². The smallest absolute Gasteiger partial charge is 0.264 e. The van der Waals surface area contributed by atoms with Gasteiger partial charge in [-0.15, -0.1) is 0 Å². The molecule has 214 valence electrons. The fourth-order valence-electron chi connectivity index (χ4n) is 3.92. The van der Waals surface area contributed by atoms with Gasteiger partial charge >= 0.3 is 0 Å². The first-order chi connectivity index (χ1) is 19.4. The van der Waals surface area contributed by atoms with Gasteiger partial charge in [-0.25, -0.2) is 16.8 Å². The Morgan fingerprint density at radius 3 is 2.15 bits per heavy atom. The Labute approximate surface area is 244 Å². The third-order valence-corrected chi connectivity index (χ3v) is 9.52. The maximum absolute atomic E-state index is 13.6. The summed E-state index contributed by atoms with van der Waals surface area (Å²) in [5.74, 6) is -0.170. The predicted octanol–water partition coefficient (Wildman–Crippen LogP) is 5.60. The fraction of sp³-hybridized carbons (Fsp3) is 0.138. The van der Waals surface area contributed by atoms with E-state index in [1.54, 1.807) is 25.1 Å². The first-order valence-electron chi connectivity index (χ1n) is 12.3. The van der Waals surface area contributed by atoms with Crippen molar-refractivity contribution in [3.63, 3.8) is 0 Å². The van der Waals surface area contributed by atoms with Crippen LogP contribution in [0.15, 0.2) is 101 Å². The molecule has 0 atom stereocenters. The van der Waals surface area contributed by atoms with E-state index in [-0.39, 0.29) is 21.2 Å². The second-order valence-corrected chi connectivity index (χ2v) is 13.1. The summed E-state index contributed by atoms with van der Waals surface area (Å²) >= 11 is 6.12. The van der Waals surface area contributed by atoms with Crippen molar-refractivity contribution in [2.75, 3.05) is 28.0 Å². The van der Waals surface area contributed by atoms with Crippen molar-refractivity contribution in [2.45, 2.75) is 23.6 Å². The van der Waals surface area contributed by atoms with Gasteiger partial charge in [-0.1, -0.05) is 29.8 Å². The van der Waals surface area contributed by atoms with Crippen molar-refractivity contribution >= 4 is 54.6 Å². The maximum atomic E-state index is 13.6. The average Bonchev–Trinajstić information content (AvgIpc) is 2.94. The Kier molecular flexibility index (Phi) is 8.91. The minimum Gasteiger partial charge on any atom is -0.497 e. The van der Waals surface area contributed by atoms with Crippen LogP contribution in [0.25, 0.3) is 0 Å². The number of ether oxygens (including phenoxy) is 1. The molecule has 0 radical (unpaired) electrons. The van der Waals surface area contributed by atoms with E-state index in [9.17, 15) is 21.6 Å². The molecular formula is C29H28ClN3O6S2. The van der Waals surface area contributed by atoms with Crippen LogP contribution in [0, 0.1) is 13.8 Å². The summed E-state index contributed by atoms with van der Waals surface area (Å²) < 4.78 is 61.6. The molecule has 41 heavy (non-hydrogen) atoms. The molecule has 12 heteroatoms. The van der Waals surface area contributed by atoms with Gasteiger partial charge in [-0.2, -0.15) is 0 Å². The topological polar surface area (TPSA) is 122 Å². The van der Waals surface area contributed by atoms with Gasteiger partial charge in [0.25, 0.3) is 20.0 Å². The van der Waals surface area contributed by atoms with Crippen LogP contribution < -0.4 is 19.1 Å². The molecule has 4 aromatic rings. The molecule has 0 aliphatic rings. The van der Waals surface area contributed by atoms with E-state index in [0.29, 0.717) is 16.5 Å². The third-order valence-electron chi connectivity index (χ3n) is 6.12. The van der Waals surface area contributed by atoms with Crippen LogP contribution in [0.1, 0.15) is 11.1 Å². The molecule has 0 spiro atoms. The van der Waals surface area contributed by atoms with E-state index in [1.807, 2.05) is 19.1 Å². The van der Waals surface area contributed by atoms with Crippen LogP contribution in [-0.2, 0) is 24.8 Å². The standard InChI is InChI=1S/C29H28ClN3O6S2/c1-20-7-8-21(2)28(17-20)32-40(35,36)26-13-9-23(10-14-26)31-29(34)19-33(24-6-4-5-22(30)18-24)41(37,38)27-15-11-25(39-3)12-16-27/h4-18,32H,19H2,1-3H3,(H,31,34). The normalized spacial score (nSPS) is 11.5. The van der Waals surface area contributed by atoms with E-state index in [2.05, 4.69) is 10.0 Å². The highest BCUT2D eigenvalue weighted by atomic mass is 35.5. The van der Waals surface area contributed by atoms with Crippen molar-refractivity contribution in [1.29, 1.82) is 0 Å². The minimum absolute atomic E-state index is 0.000887. The molecule has 0 saturated heterocycles. The van der Waals surface area contributed by atoms with Gasteiger partial charge < -0.3 is 10.1 Å². The van der Waals surface area contributed by atoms with Gasteiger partial charge in [-0.3, -0.25) is 13.8 Å². The van der Waals surface area contributed by atoms with Gasteiger partial charge in [0.1, 0.15) is 12.3 Å². The molecule has 0 aliphatic carbocycles. The summed E-state index contributed by atoms with van der Waals surface area (Å²) in [5, 5.41) is 2.93. The van der Waals surface area contributed by atoms with E-state index in [0.717, 1.165) is 15.4 Å². The maximum Gasteiger partial charge on any atom is 0.264 e. The number of hydrogen-bond donors (Lipinski definition) is 2. The molecule has 2 N–H and O–H groups in total. The SMILES string of the molecule is COc1ccc(S(=O)(=O)N(CC(=O)Nc2ccc(S(=O)(=O)Nc3cc(C)ccc3C)cc2)c2cccc(Cl)c2)cc1. The van der Waals surface area contributed by atoms with Crippen molar-refractivity contribution in [3.05, 3.63) is 107 Å². The Balaban J connectivity index is 1.54. The first kappa shape index (κ1) is 29.9. The number of nitrogens with one attached hydrogen (secondary N) is 2. The van der Waals surface area contributed by atoms with Crippen LogP contribution in [0.2, 0.25) is 5.02 Å². The Bertz CT molecular complexity index is 1780. The second-order valence-electron chi connectivity index (χ2n) is 9.16. The number of hydrogen-bond acceptors (Lipinski definition) is 6. The van der Waals surface area contributed by atoms with Crippen molar-refractivity contribution < 1.29 is 26.4 Å². The highest BCUT2D eigenvalue weighted by molar-refractivity contribution is 7.93. The van der Waals surface area contributed by atoms with Gasteiger partial charge in [0, 0.05) is 10.7 Å². The van der Waals surface area contributed by atoms with Gasteiger partial charge in [0.2, 0.25) is 5.91 Å². The molecule has 4 aromatic carbocycles. The molecule has 1 amide bonds. The summed E-state index contributed by atoms with van der Waals surface area (Å²) in [4.78, 5) is 13.0. The summed E-state index contributed by atoms with van der Waals surface area (Å²) in [6, 6.07) is 23.0. The Morgan fingerprint density at radius 2 is 1.51 bits per heavy atom. The number of halogens is 1. The van der Waals surface area contributed by atoms with Crippen LogP contribution in [0.5, 0.6) is 5.75 Å². The van der Waals surface area contributed by atoms with Crippen LogP contribution in [0.4, 0.5) is 17.1 Å². The highest BCUT2D eigenvalue weighted by Crippen LogP contribution is 2.28. The van der Waals surface area contributed by atoms with E-state index < -0.39 is 32.5 Å². The summed E-state index contributed by atoms with van der Waals surface area (Å²) in [5.41, 5.74) is 2.64. The number of carbonyl (C=O) groups excluding carboxylic acids is 1. The first-order valence-corrected chi connectivity index (χ1v) is 15.6. The lowest BCUT2D eigenvalue weighted by Crippen LogP contribution is -2.38. The molecule has 0 unspecified atom stereocenters. The molecule has 0 fully saturated rings. The van der Waals surface area contributed by atoms with Crippen LogP contribution >= 0.6 is 11.6 Å². The van der Waals surface area contributed by atoms with Crippen LogP contribution in [0.3, 0.4) is 0 Å². The number of benzene rings is 4. The molecule has 0 heterocycles. The number of methoxy groups -OCH3 is 1. The predicted molar refractivity (Wildman–Crippen MR) is 161 cm³/mol. The third kappa shape index (κ3) is 7.18. The molecule has 0 bridgehead atoms. The highest BCUT2D eigenvalue weighted by Gasteiger charge is 2.28. The van der Waals surface area contributed by atoms with Crippen LogP contribution in [-0.4, -0.2) is 36.4 Å². The number of carbonyl (C=O) groups is 1. The number of nitrogens with zero attached hydrogens (tertiary/aromatic N) is 1.